The molecule has 0 saturated heterocycles. The van der Waals surface area contributed by atoms with Crippen LogP contribution in [0.15, 0.2) is 48.5 Å². The summed E-state index contributed by atoms with van der Waals surface area (Å²) < 4.78 is 15.2. The third kappa shape index (κ3) is 6.31. The molecule has 28 heavy (non-hydrogen) atoms. The first-order chi connectivity index (χ1) is 13.5. The van der Waals surface area contributed by atoms with Crippen LogP contribution in [0.3, 0.4) is 0 Å². The smallest absolute Gasteiger partial charge is 0.319 e. The zero-order chi connectivity index (χ0) is 20.4. The summed E-state index contributed by atoms with van der Waals surface area (Å²) in [5, 5.41) is 5.17. The van der Waals surface area contributed by atoms with E-state index in [9.17, 15) is 14.4 Å². The van der Waals surface area contributed by atoms with Gasteiger partial charge in [0.15, 0.2) is 23.9 Å². The van der Waals surface area contributed by atoms with Gasteiger partial charge in [-0.05, 0) is 30.3 Å². The Balaban J connectivity index is 1.72. The summed E-state index contributed by atoms with van der Waals surface area (Å²) in [7, 11) is 2.96. The first-order valence-electron chi connectivity index (χ1n) is 8.54. The molecule has 0 unspecified atom stereocenters. The lowest BCUT2D eigenvalue weighted by Crippen LogP contribution is -2.31. The fourth-order valence-corrected chi connectivity index (χ4v) is 2.29. The lowest BCUT2D eigenvalue weighted by atomic mass is 10.1. The van der Waals surface area contributed by atoms with Gasteiger partial charge in [-0.3, -0.25) is 9.59 Å². The van der Waals surface area contributed by atoms with Gasteiger partial charge in [0.2, 0.25) is 0 Å². The predicted molar refractivity (Wildman–Crippen MR) is 103 cm³/mol. The van der Waals surface area contributed by atoms with Crippen molar-refractivity contribution in [2.45, 2.75) is 6.42 Å². The van der Waals surface area contributed by atoms with Crippen LogP contribution >= 0.6 is 0 Å². The Morgan fingerprint density at radius 2 is 1.64 bits per heavy atom. The minimum absolute atomic E-state index is 0.0541. The molecule has 8 heteroatoms. The third-order valence-corrected chi connectivity index (χ3v) is 3.72. The van der Waals surface area contributed by atoms with Crippen LogP contribution in [0.5, 0.6) is 11.5 Å². The standard InChI is InChI=1S/C20H22N2O6/c1-26-17-9-8-14(12-18(17)27-2)16(23)13-28-19(24)10-11-21-20(25)22-15-6-4-3-5-7-15/h3-9,12H,10-11,13H2,1-2H3,(H2,21,22,25). The maximum Gasteiger partial charge on any atom is 0.319 e. The molecule has 2 N–H and O–H groups in total. The Kier molecular flexibility index (Phi) is 7.83. The molecule has 0 bridgehead atoms. The third-order valence-electron chi connectivity index (χ3n) is 3.72. The second-order valence-electron chi connectivity index (χ2n) is 5.65. The Hall–Kier alpha value is -3.55. The maximum absolute atomic E-state index is 12.1. The summed E-state index contributed by atoms with van der Waals surface area (Å²) in [5.41, 5.74) is 0.980. The van der Waals surface area contributed by atoms with Crippen LogP contribution in [0, 0.1) is 0 Å². The van der Waals surface area contributed by atoms with Crippen LogP contribution in [-0.4, -0.2) is 45.2 Å². The van der Waals surface area contributed by atoms with E-state index < -0.39 is 18.6 Å². The second kappa shape index (κ2) is 10.6. The van der Waals surface area contributed by atoms with E-state index in [-0.39, 0.29) is 18.7 Å². The molecule has 0 aliphatic heterocycles. The molecular weight excluding hydrogens is 364 g/mol. The van der Waals surface area contributed by atoms with E-state index in [4.69, 9.17) is 14.2 Å². The van der Waals surface area contributed by atoms with Gasteiger partial charge in [-0.1, -0.05) is 18.2 Å². The normalized spacial score (nSPS) is 9.93. The van der Waals surface area contributed by atoms with Crippen molar-refractivity contribution >= 4 is 23.5 Å². The zero-order valence-corrected chi connectivity index (χ0v) is 15.7. The monoisotopic (exact) mass is 386 g/mol. The number of benzene rings is 2. The van der Waals surface area contributed by atoms with Crippen molar-refractivity contribution in [1.82, 2.24) is 5.32 Å². The molecule has 2 aromatic rings. The molecule has 8 nitrogen and oxygen atoms in total. The summed E-state index contributed by atoms with van der Waals surface area (Å²) in [4.78, 5) is 35.6. The highest BCUT2D eigenvalue weighted by atomic mass is 16.5. The Morgan fingerprint density at radius 3 is 2.32 bits per heavy atom. The van der Waals surface area contributed by atoms with E-state index >= 15 is 0 Å². The number of urea groups is 1. The van der Waals surface area contributed by atoms with E-state index in [0.29, 0.717) is 22.7 Å². The van der Waals surface area contributed by atoms with Gasteiger partial charge in [0, 0.05) is 17.8 Å². The number of rotatable bonds is 9. The number of Topliss-reactive ketones (excluding diaryl/α,β-unsaturated/α-hetero) is 1. The van der Waals surface area contributed by atoms with Crippen molar-refractivity contribution in [2.24, 2.45) is 0 Å². The highest BCUT2D eigenvalue weighted by molar-refractivity contribution is 5.98. The van der Waals surface area contributed by atoms with E-state index in [1.807, 2.05) is 6.07 Å². The van der Waals surface area contributed by atoms with Gasteiger partial charge < -0.3 is 24.8 Å². The van der Waals surface area contributed by atoms with Crippen molar-refractivity contribution in [1.29, 1.82) is 0 Å². The SMILES string of the molecule is COc1ccc(C(=O)COC(=O)CCNC(=O)Nc2ccccc2)cc1OC. The van der Waals surface area contributed by atoms with Crippen molar-refractivity contribution < 1.29 is 28.6 Å². The molecule has 0 aromatic heterocycles. The Bertz CT molecular complexity index is 823. The molecule has 0 saturated carbocycles. The van der Waals surface area contributed by atoms with Crippen molar-refractivity contribution in [3.8, 4) is 11.5 Å². The van der Waals surface area contributed by atoms with E-state index in [2.05, 4.69) is 10.6 Å². The molecule has 0 aliphatic rings. The number of carbonyl (C=O) groups excluding carboxylic acids is 3. The van der Waals surface area contributed by atoms with Gasteiger partial charge in [-0.25, -0.2) is 4.79 Å². The Morgan fingerprint density at radius 1 is 0.929 bits per heavy atom. The predicted octanol–water partition coefficient (Wildman–Crippen LogP) is 2.64. The molecule has 2 rings (SSSR count). The average Bonchev–Trinajstić information content (AvgIpc) is 2.72. The van der Waals surface area contributed by atoms with Gasteiger partial charge in [-0.2, -0.15) is 0 Å². The molecule has 148 valence electrons. The number of esters is 1. The molecular formula is C20H22N2O6. The Labute approximate surface area is 162 Å². The van der Waals surface area contributed by atoms with Gasteiger partial charge in [-0.15, -0.1) is 0 Å². The number of hydrogen-bond donors (Lipinski definition) is 2. The number of ketones is 1. The summed E-state index contributed by atoms with van der Waals surface area (Å²) in [6.07, 6.45) is -0.0541. The zero-order valence-electron chi connectivity index (χ0n) is 15.7. The molecule has 0 atom stereocenters. The molecule has 0 spiro atoms. The number of methoxy groups -OCH3 is 2. The van der Waals surface area contributed by atoms with E-state index in [1.165, 1.54) is 20.3 Å². The van der Waals surface area contributed by atoms with Crippen molar-refractivity contribution in [3.05, 3.63) is 54.1 Å². The molecule has 0 radical (unpaired) electrons. The first kappa shape index (κ1) is 20.8. The second-order valence-corrected chi connectivity index (χ2v) is 5.65. The van der Waals surface area contributed by atoms with Crippen molar-refractivity contribution in [2.75, 3.05) is 32.7 Å². The highest BCUT2D eigenvalue weighted by Gasteiger charge is 2.13. The van der Waals surface area contributed by atoms with Crippen LogP contribution in [0.1, 0.15) is 16.8 Å². The van der Waals surface area contributed by atoms with Gasteiger partial charge in [0.1, 0.15) is 0 Å². The average molecular weight is 386 g/mol. The number of hydrogen-bond acceptors (Lipinski definition) is 6. The highest BCUT2D eigenvalue weighted by Crippen LogP contribution is 2.27. The number of nitrogens with one attached hydrogen (secondary N) is 2. The summed E-state index contributed by atoms with van der Waals surface area (Å²) in [5.74, 6) is -0.0536. The number of anilines is 1. The first-order valence-corrected chi connectivity index (χ1v) is 8.54. The lowest BCUT2D eigenvalue weighted by Gasteiger charge is -2.10. The minimum Gasteiger partial charge on any atom is -0.493 e. The van der Waals surface area contributed by atoms with E-state index in [0.717, 1.165) is 0 Å². The van der Waals surface area contributed by atoms with Gasteiger partial charge in [0.25, 0.3) is 0 Å². The maximum atomic E-state index is 12.1. The van der Waals surface area contributed by atoms with Crippen molar-refractivity contribution in [3.63, 3.8) is 0 Å². The minimum atomic E-state index is -0.589. The fourth-order valence-electron chi connectivity index (χ4n) is 2.29. The topological polar surface area (TPSA) is 103 Å². The molecule has 2 aromatic carbocycles. The quantitative estimate of drug-likeness (QED) is 0.507. The lowest BCUT2D eigenvalue weighted by molar-refractivity contribution is -0.142. The molecule has 0 aliphatic carbocycles. The summed E-state index contributed by atoms with van der Waals surface area (Å²) >= 11 is 0. The number of ether oxygens (including phenoxy) is 3. The van der Waals surface area contributed by atoms with Gasteiger partial charge in [0.05, 0.1) is 20.6 Å². The summed E-state index contributed by atoms with van der Waals surface area (Å²) in [6.45, 7) is -0.313. The van der Waals surface area contributed by atoms with Crippen LogP contribution in [0.4, 0.5) is 10.5 Å². The largest absolute Gasteiger partial charge is 0.493 e. The van der Waals surface area contributed by atoms with Crippen LogP contribution in [0.2, 0.25) is 0 Å². The van der Waals surface area contributed by atoms with Crippen LogP contribution < -0.4 is 20.1 Å². The number of carbonyl (C=O) groups is 3. The van der Waals surface area contributed by atoms with Gasteiger partial charge >= 0.3 is 12.0 Å². The van der Waals surface area contributed by atoms with E-state index in [1.54, 1.807) is 36.4 Å². The number of amides is 2. The number of para-hydroxylation sites is 1. The van der Waals surface area contributed by atoms with Crippen LogP contribution in [0.25, 0.3) is 0 Å². The van der Waals surface area contributed by atoms with Crippen LogP contribution in [-0.2, 0) is 9.53 Å². The summed E-state index contributed by atoms with van der Waals surface area (Å²) in [6, 6.07) is 13.2. The fraction of sp³-hybridized carbons (Fsp3) is 0.250. The molecule has 0 heterocycles. The molecule has 2 amide bonds. The molecule has 0 fully saturated rings.